The molecular weight excluding hydrogens is 166 g/mol. The molecule has 0 amide bonds. The molecule has 1 saturated carbocycles. The molecule has 0 unspecified atom stereocenters. The average Bonchev–Trinajstić information content (AvgIpc) is 2.39. The summed E-state index contributed by atoms with van der Waals surface area (Å²) in [5.41, 5.74) is 7.75. The SMILES string of the molecule is Cc1ccsc1[C@H]1[C@H](N)C1(C)C. The Labute approximate surface area is 77.6 Å². The third-order valence-corrected chi connectivity index (χ3v) is 4.20. The molecule has 1 fully saturated rings. The minimum atomic E-state index is 0.329. The van der Waals surface area contributed by atoms with Gasteiger partial charge in [0.1, 0.15) is 0 Å². The van der Waals surface area contributed by atoms with Crippen LogP contribution in [0.1, 0.15) is 30.2 Å². The molecule has 0 radical (unpaired) electrons. The molecule has 0 spiro atoms. The van der Waals surface area contributed by atoms with Gasteiger partial charge in [0.25, 0.3) is 0 Å². The lowest BCUT2D eigenvalue weighted by atomic mass is 10.1. The van der Waals surface area contributed by atoms with Gasteiger partial charge in [-0.25, -0.2) is 0 Å². The maximum Gasteiger partial charge on any atom is 0.0180 e. The van der Waals surface area contributed by atoms with Gasteiger partial charge in [-0.05, 0) is 29.3 Å². The number of hydrogen-bond acceptors (Lipinski definition) is 2. The van der Waals surface area contributed by atoms with E-state index < -0.39 is 0 Å². The molecule has 0 aliphatic heterocycles. The highest BCUT2D eigenvalue weighted by Gasteiger charge is 2.57. The van der Waals surface area contributed by atoms with Gasteiger partial charge in [-0.15, -0.1) is 11.3 Å². The minimum Gasteiger partial charge on any atom is -0.327 e. The molecule has 12 heavy (non-hydrogen) atoms. The van der Waals surface area contributed by atoms with E-state index in [2.05, 4.69) is 32.2 Å². The molecule has 0 bridgehead atoms. The van der Waals surface area contributed by atoms with Crippen molar-refractivity contribution in [2.24, 2.45) is 11.1 Å². The Balaban J connectivity index is 2.30. The van der Waals surface area contributed by atoms with Crippen LogP contribution in [-0.4, -0.2) is 6.04 Å². The van der Waals surface area contributed by atoms with Crippen LogP contribution in [0.15, 0.2) is 11.4 Å². The molecule has 1 nitrogen and oxygen atoms in total. The first-order chi connectivity index (χ1) is 5.55. The van der Waals surface area contributed by atoms with Gasteiger partial charge < -0.3 is 5.73 Å². The zero-order valence-electron chi connectivity index (χ0n) is 7.79. The molecule has 1 aromatic rings. The second-order valence-corrected chi connectivity index (χ2v) is 5.24. The number of thiophene rings is 1. The quantitative estimate of drug-likeness (QED) is 0.708. The van der Waals surface area contributed by atoms with Gasteiger partial charge >= 0.3 is 0 Å². The smallest absolute Gasteiger partial charge is 0.0180 e. The summed E-state index contributed by atoms with van der Waals surface area (Å²) in [7, 11) is 0. The second-order valence-electron chi connectivity index (χ2n) is 4.29. The minimum absolute atomic E-state index is 0.329. The standard InChI is InChI=1S/C10H15NS/c1-6-4-5-12-8(6)7-9(11)10(7,2)3/h4-5,7,9H,11H2,1-3H3/t7-,9-/m0/s1. The van der Waals surface area contributed by atoms with Crippen molar-refractivity contribution in [1.29, 1.82) is 0 Å². The van der Waals surface area contributed by atoms with Crippen LogP contribution in [0.5, 0.6) is 0 Å². The molecular formula is C10H15NS. The number of aryl methyl sites for hydroxylation is 1. The van der Waals surface area contributed by atoms with Gasteiger partial charge in [0.2, 0.25) is 0 Å². The van der Waals surface area contributed by atoms with Crippen LogP contribution in [0.25, 0.3) is 0 Å². The highest BCUT2D eigenvalue weighted by molar-refractivity contribution is 7.10. The zero-order valence-corrected chi connectivity index (χ0v) is 8.61. The average molecular weight is 181 g/mol. The summed E-state index contributed by atoms with van der Waals surface area (Å²) in [4.78, 5) is 1.49. The van der Waals surface area contributed by atoms with Crippen molar-refractivity contribution in [3.05, 3.63) is 21.9 Å². The topological polar surface area (TPSA) is 26.0 Å². The predicted molar refractivity (Wildman–Crippen MR) is 53.6 cm³/mol. The fourth-order valence-corrected chi connectivity index (χ4v) is 3.15. The normalized spacial score (nSPS) is 32.0. The van der Waals surface area contributed by atoms with Crippen LogP contribution >= 0.6 is 11.3 Å². The summed E-state index contributed by atoms with van der Waals surface area (Å²) in [5.74, 6) is 0.609. The van der Waals surface area contributed by atoms with E-state index in [1.165, 1.54) is 10.4 Å². The van der Waals surface area contributed by atoms with Gasteiger partial charge in [0.05, 0.1) is 0 Å². The van der Waals surface area contributed by atoms with Crippen molar-refractivity contribution >= 4 is 11.3 Å². The van der Waals surface area contributed by atoms with Crippen molar-refractivity contribution < 1.29 is 0 Å². The summed E-state index contributed by atoms with van der Waals surface area (Å²) in [6.07, 6.45) is 0. The summed E-state index contributed by atoms with van der Waals surface area (Å²) in [6.45, 7) is 6.68. The van der Waals surface area contributed by atoms with Crippen LogP contribution in [0, 0.1) is 12.3 Å². The fourth-order valence-electron chi connectivity index (χ4n) is 1.88. The van der Waals surface area contributed by atoms with E-state index in [0.29, 0.717) is 17.4 Å². The first kappa shape index (κ1) is 8.27. The molecule has 1 aliphatic rings. The Hall–Kier alpha value is -0.340. The molecule has 2 heteroatoms. The van der Waals surface area contributed by atoms with E-state index in [4.69, 9.17) is 5.73 Å². The van der Waals surface area contributed by atoms with E-state index >= 15 is 0 Å². The maximum atomic E-state index is 6.01. The van der Waals surface area contributed by atoms with Crippen LogP contribution in [0.4, 0.5) is 0 Å². The van der Waals surface area contributed by atoms with Crippen LogP contribution < -0.4 is 5.73 Å². The van der Waals surface area contributed by atoms with E-state index in [1.54, 1.807) is 0 Å². The summed E-state index contributed by atoms with van der Waals surface area (Å²) in [6, 6.07) is 2.55. The molecule has 66 valence electrons. The van der Waals surface area contributed by atoms with Gasteiger partial charge in [-0.1, -0.05) is 13.8 Å². The first-order valence-corrected chi connectivity index (χ1v) is 5.22. The molecule has 0 aromatic carbocycles. The molecule has 0 saturated heterocycles. The molecule has 2 atom stereocenters. The second kappa shape index (κ2) is 2.33. The van der Waals surface area contributed by atoms with Crippen LogP contribution in [-0.2, 0) is 0 Å². The van der Waals surface area contributed by atoms with Crippen molar-refractivity contribution in [1.82, 2.24) is 0 Å². The third-order valence-electron chi connectivity index (χ3n) is 3.09. The number of rotatable bonds is 1. The van der Waals surface area contributed by atoms with Crippen molar-refractivity contribution in [3.8, 4) is 0 Å². The van der Waals surface area contributed by atoms with E-state index in [9.17, 15) is 0 Å². The highest BCUT2D eigenvalue weighted by atomic mass is 32.1. The van der Waals surface area contributed by atoms with Gasteiger partial charge in [0.15, 0.2) is 0 Å². The lowest BCUT2D eigenvalue weighted by Crippen LogP contribution is -2.06. The monoisotopic (exact) mass is 181 g/mol. The van der Waals surface area contributed by atoms with Gasteiger partial charge in [-0.3, -0.25) is 0 Å². The number of hydrogen-bond donors (Lipinski definition) is 1. The fraction of sp³-hybridized carbons (Fsp3) is 0.600. The molecule has 1 aromatic heterocycles. The van der Waals surface area contributed by atoms with Crippen LogP contribution in [0.3, 0.4) is 0 Å². The van der Waals surface area contributed by atoms with E-state index in [1.807, 2.05) is 11.3 Å². The van der Waals surface area contributed by atoms with E-state index in [-0.39, 0.29) is 0 Å². The lowest BCUT2D eigenvalue weighted by Gasteiger charge is -2.00. The van der Waals surface area contributed by atoms with Gasteiger partial charge in [0, 0.05) is 16.8 Å². The molecule has 1 heterocycles. The molecule has 2 N–H and O–H groups in total. The maximum absolute atomic E-state index is 6.01. The van der Waals surface area contributed by atoms with Crippen molar-refractivity contribution in [2.75, 3.05) is 0 Å². The Morgan fingerprint density at radius 2 is 2.08 bits per heavy atom. The Kier molecular flexibility index (Phi) is 1.61. The predicted octanol–water partition coefficient (Wildman–Crippen LogP) is 2.51. The zero-order chi connectivity index (χ0) is 8.93. The van der Waals surface area contributed by atoms with Crippen molar-refractivity contribution in [2.45, 2.75) is 32.7 Å². The Bertz CT molecular complexity index is 301. The third kappa shape index (κ3) is 0.947. The first-order valence-electron chi connectivity index (χ1n) is 4.34. The van der Waals surface area contributed by atoms with Crippen molar-refractivity contribution in [3.63, 3.8) is 0 Å². The Morgan fingerprint density at radius 3 is 2.42 bits per heavy atom. The summed E-state index contributed by atoms with van der Waals surface area (Å²) in [5, 5.41) is 2.16. The van der Waals surface area contributed by atoms with Crippen LogP contribution in [0.2, 0.25) is 0 Å². The van der Waals surface area contributed by atoms with E-state index in [0.717, 1.165) is 0 Å². The number of nitrogens with two attached hydrogens (primary N) is 1. The van der Waals surface area contributed by atoms with Gasteiger partial charge in [-0.2, -0.15) is 0 Å². The molecule has 1 aliphatic carbocycles. The summed E-state index contributed by atoms with van der Waals surface area (Å²) >= 11 is 1.85. The largest absolute Gasteiger partial charge is 0.327 e. The Morgan fingerprint density at radius 1 is 1.50 bits per heavy atom. The highest BCUT2D eigenvalue weighted by Crippen LogP contribution is 2.59. The lowest BCUT2D eigenvalue weighted by molar-refractivity contribution is 0.600. The molecule has 2 rings (SSSR count). The summed E-state index contributed by atoms with van der Waals surface area (Å²) < 4.78 is 0.